The summed E-state index contributed by atoms with van der Waals surface area (Å²) in [5.41, 5.74) is 0.678. The lowest BCUT2D eigenvalue weighted by Gasteiger charge is -2.17. The Balaban J connectivity index is 0.000000313. The van der Waals surface area contributed by atoms with Gasteiger partial charge in [0.2, 0.25) is 6.41 Å². The molecule has 0 N–H and O–H groups in total. The average Bonchev–Trinajstić information content (AvgIpc) is 3.06. The lowest BCUT2D eigenvalue weighted by atomic mass is 9.89. The zero-order valence-electron chi connectivity index (χ0n) is 14.4. The number of unbranched alkanes of at least 4 members (excludes halogenated alkanes) is 1. The highest BCUT2D eigenvalue weighted by Crippen LogP contribution is 2.29. The molecule has 2 nitrogen and oxygen atoms in total. The van der Waals surface area contributed by atoms with E-state index in [1.54, 1.807) is 11.0 Å². The molecular formula is C19H29F2NO. The van der Waals surface area contributed by atoms with Crippen LogP contribution in [-0.2, 0) is 4.79 Å². The van der Waals surface area contributed by atoms with E-state index in [2.05, 4.69) is 13.8 Å². The topological polar surface area (TPSA) is 20.3 Å². The van der Waals surface area contributed by atoms with Crippen LogP contribution >= 0.6 is 0 Å². The van der Waals surface area contributed by atoms with Crippen LogP contribution in [0.5, 0.6) is 0 Å². The maximum atomic E-state index is 13.6. The molecule has 1 heterocycles. The molecule has 0 aromatic heterocycles. The summed E-state index contributed by atoms with van der Waals surface area (Å²) in [6.07, 6.45) is 8.52. The Morgan fingerprint density at radius 1 is 1.13 bits per heavy atom. The first-order chi connectivity index (χ1) is 11.1. The minimum Gasteiger partial charge on any atom is -0.345 e. The fraction of sp³-hybridized carbons (Fsp3) is 0.632. The van der Waals surface area contributed by atoms with Gasteiger partial charge in [0, 0.05) is 19.2 Å². The van der Waals surface area contributed by atoms with E-state index in [0.717, 1.165) is 57.7 Å². The zero-order valence-corrected chi connectivity index (χ0v) is 14.4. The van der Waals surface area contributed by atoms with Gasteiger partial charge in [-0.3, -0.25) is 4.79 Å². The smallest absolute Gasteiger partial charge is 0.209 e. The third-order valence-corrected chi connectivity index (χ3v) is 4.24. The van der Waals surface area contributed by atoms with Gasteiger partial charge in [-0.1, -0.05) is 39.2 Å². The Kier molecular flexibility index (Phi) is 9.49. The number of halogens is 2. The second-order valence-electron chi connectivity index (χ2n) is 6.14. The molecule has 1 amide bonds. The molecule has 0 radical (unpaired) electrons. The minimum absolute atomic E-state index is 0.241. The van der Waals surface area contributed by atoms with Crippen molar-refractivity contribution in [3.8, 4) is 0 Å². The number of hydrogen-bond donors (Lipinski definition) is 0. The molecular weight excluding hydrogens is 296 g/mol. The van der Waals surface area contributed by atoms with Crippen LogP contribution in [0.4, 0.5) is 8.78 Å². The molecule has 0 saturated carbocycles. The Labute approximate surface area is 138 Å². The SMILES string of the molecule is CCCCC(CCC)c1ccc(F)cc1F.O=CN1CCCC1. The molecule has 1 fully saturated rings. The minimum atomic E-state index is -0.494. The van der Waals surface area contributed by atoms with Crippen molar-refractivity contribution < 1.29 is 13.6 Å². The monoisotopic (exact) mass is 325 g/mol. The van der Waals surface area contributed by atoms with Crippen LogP contribution in [0.3, 0.4) is 0 Å². The number of rotatable bonds is 7. The van der Waals surface area contributed by atoms with E-state index in [1.165, 1.54) is 18.9 Å². The van der Waals surface area contributed by atoms with Gasteiger partial charge in [0.25, 0.3) is 0 Å². The van der Waals surface area contributed by atoms with Crippen molar-refractivity contribution in [1.82, 2.24) is 4.90 Å². The summed E-state index contributed by atoms with van der Waals surface area (Å²) >= 11 is 0. The quantitative estimate of drug-likeness (QED) is 0.625. The molecule has 0 bridgehead atoms. The van der Waals surface area contributed by atoms with E-state index < -0.39 is 11.6 Å². The van der Waals surface area contributed by atoms with E-state index in [9.17, 15) is 13.6 Å². The average molecular weight is 325 g/mol. The predicted molar refractivity (Wildman–Crippen MR) is 90.4 cm³/mol. The van der Waals surface area contributed by atoms with Crippen molar-refractivity contribution >= 4 is 6.41 Å². The van der Waals surface area contributed by atoms with Crippen molar-refractivity contribution in [2.45, 2.75) is 64.7 Å². The molecule has 1 atom stereocenters. The van der Waals surface area contributed by atoms with E-state index in [4.69, 9.17) is 0 Å². The number of nitrogens with zero attached hydrogens (tertiary/aromatic N) is 1. The molecule has 1 unspecified atom stereocenters. The first-order valence-corrected chi connectivity index (χ1v) is 8.76. The summed E-state index contributed by atoms with van der Waals surface area (Å²) in [6.45, 7) is 6.18. The number of benzene rings is 1. The first-order valence-electron chi connectivity index (χ1n) is 8.76. The fourth-order valence-electron chi connectivity index (χ4n) is 2.93. The Morgan fingerprint density at radius 2 is 1.83 bits per heavy atom. The van der Waals surface area contributed by atoms with Gasteiger partial charge in [-0.25, -0.2) is 8.78 Å². The van der Waals surface area contributed by atoms with Crippen molar-refractivity contribution in [3.63, 3.8) is 0 Å². The lowest BCUT2D eigenvalue weighted by Crippen LogP contribution is -2.15. The zero-order chi connectivity index (χ0) is 17.1. The van der Waals surface area contributed by atoms with Crippen molar-refractivity contribution in [1.29, 1.82) is 0 Å². The fourth-order valence-corrected chi connectivity index (χ4v) is 2.93. The highest BCUT2D eigenvalue weighted by atomic mass is 19.1. The van der Waals surface area contributed by atoms with Gasteiger partial charge in [0.15, 0.2) is 0 Å². The molecule has 1 aromatic carbocycles. The molecule has 1 aliphatic heterocycles. The normalized spacial score (nSPS) is 15.0. The lowest BCUT2D eigenvalue weighted by molar-refractivity contribution is -0.117. The second kappa shape index (κ2) is 11.1. The molecule has 1 saturated heterocycles. The summed E-state index contributed by atoms with van der Waals surface area (Å²) < 4.78 is 26.4. The van der Waals surface area contributed by atoms with Crippen molar-refractivity contribution in [2.75, 3.05) is 13.1 Å². The Bertz CT molecular complexity index is 459. The summed E-state index contributed by atoms with van der Waals surface area (Å²) in [5, 5.41) is 0. The van der Waals surface area contributed by atoms with Gasteiger partial charge in [-0.05, 0) is 43.2 Å². The molecule has 130 valence electrons. The van der Waals surface area contributed by atoms with Gasteiger partial charge < -0.3 is 4.90 Å². The molecule has 1 aliphatic rings. The molecule has 1 aromatic rings. The summed E-state index contributed by atoms with van der Waals surface area (Å²) in [6, 6.07) is 3.94. The van der Waals surface area contributed by atoms with Gasteiger partial charge in [-0.2, -0.15) is 0 Å². The number of amides is 1. The maximum Gasteiger partial charge on any atom is 0.209 e. The van der Waals surface area contributed by atoms with Crippen molar-refractivity contribution in [2.24, 2.45) is 0 Å². The molecule has 2 rings (SSSR count). The molecule has 23 heavy (non-hydrogen) atoms. The van der Waals surface area contributed by atoms with Crippen LogP contribution in [0.25, 0.3) is 0 Å². The van der Waals surface area contributed by atoms with Crippen LogP contribution in [0, 0.1) is 11.6 Å². The molecule has 0 spiro atoms. The first kappa shape index (κ1) is 19.6. The highest BCUT2D eigenvalue weighted by molar-refractivity contribution is 5.47. The number of hydrogen-bond acceptors (Lipinski definition) is 1. The largest absolute Gasteiger partial charge is 0.345 e. The number of carbonyl (C=O) groups is 1. The Hall–Kier alpha value is -1.45. The maximum absolute atomic E-state index is 13.6. The van der Waals surface area contributed by atoms with Crippen molar-refractivity contribution in [3.05, 3.63) is 35.4 Å². The van der Waals surface area contributed by atoms with E-state index in [1.807, 2.05) is 0 Å². The third-order valence-electron chi connectivity index (χ3n) is 4.24. The van der Waals surface area contributed by atoms with Crippen LogP contribution in [0.1, 0.15) is 70.3 Å². The summed E-state index contributed by atoms with van der Waals surface area (Å²) in [5.74, 6) is -0.646. The van der Waals surface area contributed by atoms with Crippen LogP contribution in [0.15, 0.2) is 18.2 Å². The van der Waals surface area contributed by atoms with Crippen LogP contribution in [-0.4, -0.2) is 24.4 Å². The second-order valence-corrected chi connectivity index (χ2v) is 6.14. The summed E-state index contributed by atoms with van der Waals surface area (Å²) in [7, 11) is 0. The van der Waals surface area contributed by atoms with Crippen LogP contribution in [0.2, 0.25) is 0 Å². The standard InChI is InChI=1S/C14H20F2.C5H9NO/c1-3-5-7-11(6-4-2)13-9-8-12(15)10-14(13)16;7-5-6-3-1-2-4-6/h8-11H,3-7H2,1-2H3;5H,1-4H2. The predicted octanol–water partition coefficient (Wildman–Crippen LogP) is 5.28. The van der Waals surface area contributed by atoms with Gasteiger partial charge in [0.05, 0.1) is 0 Å². The number of likely N-dealkylation sites (tertiary alicyclic amines) is 1. The van der Waals surface area contributed by atoms with Crippen LogP contribution < -0.4 is 0 Å². The van der Waals surface area contributed by atoms with E-state index in [0.29, 0.717) is 5.56 Å². The van der Waals surface area contributed by atoms with Gasteiger partial charge in [-0.15, -0.1) is 0 Å². The van der Waals surface area contributed by atoms with E-state index >= 15 is 0 Å². The third kappa shape index (κ3) is 7.10. The molecule has 4 heteroatoms. The van der Waals surface area contributed by atoms with Gasteiger partial charge >= 0.3 is 0 Å². The molecule has 0 aliphatic carbocycles. The van der Waals surface area contributed by atoms with Gasteiger partial charge in [0.1, 0.15) is 11.6 Å². The van der Waals surface area contributed by atoms with E-state index in [-0.39, 0.29) is 5.92 Å². The Morgan fingerprint density at radius 3 is 2.30 bits per heavy atom. The summed E-state index contributed by atoms with van der Waals surface area (Å²) in [4.78, 5) is 11.7. The highest BCUT2D eigenvalue weighted by Gasteiger charge is 2.15. The number of carbonyl (C=O) groups excluding carboxylic acids is 1.